The number of halogens is 6. The molecule has 0 aliphatic carbocycles. The third-order valence-electron chi connectivity index (χ3n) is 4.81. The van der Waals surface area contributed by atoms with E-state index in [0.29, 0.717) is 24.3 Å². The van der Waals surface area contributed by atoms with Crippen LogP contribution in [-0.4, -0.2) is 21.3 Å². The van der Waals surface area contributed by atoms with E-state index in [1.54, 1.807) is 0 Å². The van der Waals surface area contributed by atoms with Crippen LogP contribution in [0.4, 0.5) is 26.3 Å². The fourth-order valence-corrected chi connectivity index (χ4v) is 3.47. The zero-order valence-electron chi connectivity index (χ0n) is 14.8. The molecule has 0 saturated heterocycles. The van der Waals surface area contributed by atoms with Gasteiger partial charge in [0.2, 0.25) is 0 Å². The molecule has 0 atom stereocenters. The van der Waals surface area contributed by atoms with E-state index in [0.717, 1.165) is 0 Å². The minimum Gasteiger partial charge on any atom is -0.505 e. The molecule has 0 aromatic heterocycles. The normalized spacial score (nSPS) is 12.8. The van der Waals surface area contributed by atoms with Crippen LogP contribution in [0.15, 0.2) is 24.3 Å². The summed E-state index contributed by atoms with van der Waals surface area (Å²) in [6.07, 6.45) is 0. The maximum Gasteiger partial charge on any atom is 0.339 e. The number of hydrogen-bond donors (Lipinski definition) is 3. The first-order chi connectivity index (χ1) is 14.5. The van der Waals surface area contributed by atoms with Crippen LogP contribution in [0.3, 0.4) is 0 Å². The molecule has 160 valence electrons. The highest BCUT2D eigenvalue weighted by Gasteiger charge is 2.39. The summed E-state index contributed by atoms with van der Waals surface area (Å²) in [6, 6.07) is 2.53. The molecule has 0 amide bonds. The molecular weight excluding hydrogens is 434 g/mol. The monoisotopic (exact) mass is 442 g/mol. The molecule has 1 heterocycles. The number of fused-ring (bicyclic) bond motifs is 2. The molecule has 0 spiro atoms. The van der Waals surface area contributed by atoms with Crippen molar-refractivity contribution in [2.45, 2.75) is 5.92 Å². The van der Waals surface area contributed by atoms with Gasteiger partial charge in [-0.1, -0.05) is 0 Å². The Kier molecular flexibility index (Phi) is 4.49. The van der Waals surface area contributed by atoms with E-state index >= 15 is 0 Å². The van der Waals surface area contributed by atoms with Crippen molar-refractivity contribution in [2.24, 2.45) is 0 Å². The summed E-state index contributed by atoms with van der Waals surface area (Å²) >= 11 is 0. The van der Waals surface area contributed by atoms with Gasteiger partial charge in [0.05, 0.1) is 0 Å². The van der Waals surface area contributed by atoms with Crippen LogP contribution in [0.5, 0.6) is 23.0 Å². The number of carboxylic acid groups (broad SMARTS) is 1. The predicted octanol–water partition coefficient (Wildman–Crippen LogP) is 4.92. The number of phenols is 2. The first kappa shape index (κ1) is 20.4. The summed E-state index contributed by atoms with van der Waals surface area (Å²) in [5, 5.41) is 28.6. The highest BCUT2D eigenvalue weighted by molar-refractivity contribution is 5.91. The summed E-state index contributed by atoms with van der Waals surface area (Å²) in [4.78, 5) is 11.6. The molecule has 3 aromatic carbocycles. The van der Waals surface area contributed by atoms with Crippen molar-refractivity contribution in [3.63, 3.8) is 0 Å². The van der Waals surface area contributed by atoms with Gasteiger partial charge in [0.25, 0.3) is 0 Å². The zero-order valence-corrected chi connectivity index (χ0v) is 14.8. The van der Waals surface area contributed by atoms with Crippen molar-refractivity contribution in [1.82, 2.24) is 0 Å². The number of benzene rings is 3. The maximum absolute atomic E-state index is 14.8. The minimum absolute atomic E-state index is 0.414. The standard InChI is InChI=1S/C20H8F6O5/c21-7-1-5-11(3-9(7)27)31-12-4-10(28)8(22)2-6(12)13(5)14-15(20(29)30)17(24)19(26)18(25)16(14)23/h1-4,13,27-28H,(H,29,30). The highest BCUT2D eigenvalue weighted by Crippen LogP contribution is 2.51. The van der Waals surface area contributed by atoms with Gasteiger partial charge in [0.1, 0.15) is 17.1 Å². The quantitative estimate of drug-likeness (QED) is 0.233. The van der Waals surface area contributed by atoms with Gasteiger partial charge >= 0.3 is 5.97 Å². The van der Waals surface area contributed by atoms with Gasteiger partial charge in [0.15, 0.2) is 46.4 Å². The predicted molar refractivity (Wildman–Crippen MR) is 90.4 cm³/mol. The van der Waals surface area contributed by atoms with Crippen LogP contribution in [-0.2, 0) is 0 Å². The number of rotatable bonds is 2. The van der Waals surface area contributed by atoms with Gasteiger partial charge < -0.3 is 20.1 Å². The van der Waals surface area contributed by atoms with Gasteiger partial charge in [-0.3, -0.25) is 0 Å². The lowest BCUT2D eigenvalue weighted by molar-refractivity contribution is 0.0687. The minimum atomic E-state index is -2.39. The maximum atomic E-state index is 14.8. The SMILES string of the molecule is O=C(O)c1c(F)c(F)c(F)c(F)c1C1c2cc(F)c(O)cc2Oc2cc(O)c(F)cc21. The van der Waals surface area contributed by atoms with Crippen LogP contribution < -0.4 is 4.74 Å². The van der Waals surface area contributed by atoms with Crippen LogP contribution in [0.1, 0.15) is 33.0 Å². The van der Waals surface area contributed by atoms with Crippen molar-refractivity contribution in [3.05, 3.63) is 81.4 Å². The summed E-state index contributed by atoms with van der Waals surface area (Å²) in [5.41, 5.74) is -3.77. The van der Waals surface area contributed by atoms with E-state index in [9.17, 15) is 46.5 Å². The zero-order chi connectivity index (χ0) is 22.8. The summed E-state index contributed by atoms with van der Waals surface area (Å²) in [6.45, 7) is 0. The van der Waals surface area contributed by atoms with Gasteiger partial charge in [-0.2, -0.15) is 0 Å². The van der Waals surface area contributed by atoms with Gasteiger partial charge in [-0.05, 0) is 12.1 Å². The first-order valence-electron chi connectivity index (χ1n) is 8.34. The first-order valence-corrected chi connectivity index (χ1v) is 8.34. The number of carbonyl (C=O) groups is 1. The molecular formula is C20H8F6O5. The van der Waals surface area contributed by atoms with E-state index in [-0.39, 0.29) is 0 Å². The molecule has 1 aliphatic heterocycles. The average molecular weight is 442 g/mol. The lowest BCUT2D eigenvalue weighted by Crippen LogP contribution is -2.21. The lowest BCUT2D eigenvalue weighted by Gasteiger charge is -2.30. The number of ether oxygens (including phenoxy) is 1. The molecule has 0 radical (unpaired) electrons. The molecule has 4 rings (SSSR count). The third-order valence-corrected chi connectivity index (χ3v) is 4.81. The molecule has 11 heteroatoms. The van der Waals surface area contributed by atoms with E-state index in [1.165, 1.54) is 0 Å². The van der Waals surface area contributed by atoms with Crippen LogP contribution in [0.25, 0.3) is 0 Å². The Morgan fingerprint density at radius 1 is 0.742 bits per heavy atom. The molecule has 3 aromatic rings. The smallest absolute Gasteiger partial charge is 0.339 e. The Morgan fingerprint density at radius 2 is 1.19 bits per heavy atom. The fourth-order valence-electron chi connectivity index (χ4n) is 3.47. The number of aromatic hydroxyl groups is 2. The summed E-state index contributed by atoms with van der Waals surface area (Å²) in [7, 11) is 0. The number of aromatic carboxylic acids is 1. The Bertz CT molecular complexity index is 1230. The molecule has 3 N–H and O–H groups in total. The Hall–Kier alpha value is -3.89. The van der Waals surface area contributed by atoms with Crippen molar-refractivity contribution >= 4 is 5.97 Å². The van der Waals surface area contributed by atoms with Crippen molar-refractivity contribution < 1.29 is 51.2 Å². The van der Waals surface area contributed by atoms with Crippen molar-refractivity contribution in [2.75, 3.05) is 0 Å². The van der Waals surface area contributed by atoms with Gasteiger partial charge in [-0.15, -0.1) is 0 Å². The van der Waals surface area contributed by atoms with Gasteiger partial charge in [0, 0.05) is 34.7 Å². The van der Waals surface area contributed by atoms with E-state index < -0.39 is 92.0 Å². The topological polar surface area (TPSA) is 87.0 Å². The van der Waals surface area contributed by atoms with Crippen LogP contribution in [0, 0.1) is 34.9 Å². The van der Waals surface area contributed by atoms with Crippen LogP contribution in [0.2, 0.25) is 0 Å². The molecule has 0 unspecified atom stereocenters. The van der Waals surface area contributed by atoms with E-state index in [2.05, 4.69) is 0 Å². The number of phenolic OH excluding ortho intramolecular Hbond substituents is 2. The Balaban J connectivity index is 2.17. The van der Waals surface area contributed by atoms with Gasteiger partial charge in [-0.25, -0.2) is 31.1 Å². The fraction of sp³-hybridized carbons (Fsp3) is 0.0500. The van der Waals surface area contributed by atoms with Crippen molar-refractivity contribution in [1.29, 1.82) is 0 Å². The molecule has 0 fully saturated rings. The Morgan fingerprint density at radius 3 is 1.65 bits per heavy atom. The molecule has 31 heavy (non-hydrogen) atoms. The third kappa shape index (κ3) is 2.92. The summed E-state index contributed by atoms with van der Waals surface area (Å²) in [5.74, 6) is -18.5. The second-order valence-corrected chi connectivity index (χ2v) is 6.57. The molecule has 0 saturated carbocycles. The molecule has 1 aliphatic rings. The highest BCUT2D eigenvalue weighted by atomic mass is 19.2. The second kappa shape index (κ2) is 6.83. The number of hydrogen-bond acceptors (Lipinski definition) is 4. The van der Waals surface area contributed by atoms with E-state index in [4.69, 9.17) is 4.74 Å². The largest absolute Gasteiger partial charge is 0.505 e. The lowest BCUT2D eigenvalue weighted by atomic mass is 9.79. The summed E-state index contributed by atoms with van der Waals surface area (Å²) < 4.78 is 90.4. The van der Waals surface area contributed by atoms with Crippen LogP contribution >= 0.6 is 0 Å². The molecule has 5 nitrogen and oxygen atoms in total. The second-order valence-electron chi connectivity index (χ2n) is 6.57. The molecule has 0 bridgehead atoms. The Labute approximate surface area is 168 Å². The van der Waals surface area contributed by atoms with E-state index in [1.807, 2.05) is 0 Å². The number of carboxylic acids is 1. The van der Waals surface area contributed by atoms with Crippen molar-refractivity contribution in [3.8, 4) is 23.0 Å². The average Bonchev–Trinajstić information content (AvgIpc) is 2.70.